The van der Waals surface area contributed by atoms with Crippen molar-refractivity contribution in [2.75, 3.05) is 49.2 Å². The summed E-state index contributed by atoms with van der Waals surface area (Å²) in [6.07, 6.45) is 3.87. The molecule has 1 spiro atoms. The van der Waals surface area contributed by atoms with Crippen LogP contribution in [-0.2, 0) is 16.6 Å². The zero-order valence-corrected chi connectivity index (χ0v) is 17.2. The number of morpholine rings is 1. The largest absolute Gasteiger partial charge is 0.378 e. The van der Waals surface area contributed by atoms with Crippen LogP contribution in [0, 0.1) is 13.8 Å². The summed E-state index contributed by atoms with van der Waals surface area (Å²) >= 11 is 0. The minimum atomic E-state index is -0.0934. The molecule has 1 aliphatic carbocycles. The molecule has 0 radical (unpaired) electrons. The number of aryl methyl sites for hydroxylation is 2. The van der Waals surface area contributed by atoms with Gasteiger partial charge in [-0.2, -0.15) is 0 Å². The summed E-state index contributed by atoms with van der Waals surface area (Å²) in [7, 11) is 0. The first kappa shape index (κ1) is 18.5. The third-order valence-electron chi connectivity index (χ3n) is 6.50. The van der Waals surface area contributed by atoms with Crippen LogP contribution in [0.25, 0.3) is 0 Å². The fourth-order valence-electron chi connectivity index (χ4n) is 5.11. The van der Waals surface area contributed by atoms with E-state index in [9.17, 15) is 4.79 Å². The van der Waals surface area contributed by atoms with Gasteiger partial charge in [0.25, 0.3) is 5.56 Å². The van der Waals surface area contributed by atoms with Gasteiger partial charge in [0.1, 0.15) is 0 Å². The molecule has 2 aromatic heterocycles. The highest BCUT2D eigenvalue weighted by atomic mass is 16.5. The van der Waals surface area contributed by atoms with E-state index >= 15 is 0 Å². The summed E-state index contributed by atoms with van der Waals surface area (Å²) in [6.45, 7) is 8.65. The van der Waals surface area contributed by atoms with E-state index < -0.39 is 0 Å². The van der Waals surface area contributed by atoms with E-state index in [4.69, 9.17) is 9.72 Å². The van der Waals surface area contributed by atoms with Crippen molar-refractivity contribution in [1.82, 2.24) is 19.9 Å². The molecular formula is C21H28N6O2. The molecule has 0 bridgehead atoms. The van der Waals surface area contributed by atoms with Gasteiger partial charge >= 0.3 is 0 Å². The number of ether oxygens (including phenoxy) is 1. The van der Waals surface area contributed by atoms with Crippen LogP contribution in [0.5, 0.6) is 0 Å². The predicted octanol–water partition coefficient (Wildman–Crippen LogP) is 1.50. The van der Waals surface area contributed by atoms with E-state index in [1.165, 1.54) is 0 Å². The van der Waals surface area contributed by atoms with Crippen LogP contribution in [-0.4, -0.2) is 59.3 Å². The first-order valence-corrected chi connectivity index (χ1v) is 10.6. The molecule has 2 aliphatic heterocycles. The molecular weight excluding hydrogens is 368 g/mol. The van der Waals surface area contributed by atoms with Gasteiger partial charge in [-0.15, -0.1) is 0 Å². The third kappa shape index (κ3) is 3.29. The van der Waals surface area contributed by atoms with Gasteiger partial charge in [0, 0.05) is 48.5 Å². The Morgan fingerprint density at radius 2 is 1.79 bits per heavy atom. The van der Waals surface area contributed by atoms with Crippen molar-refractivity contribution in [2.45, 2.75) is 44.9 Å². The van der Waals surface area contributed by atoms with E-state index in [1.54, 1.807) is 0 Å². The van der Waals surface area contributed by atoms with E-state index in [1.807, 2.05) is 19.9 Å². The number of anilines is 2. The second-order valence-electron chi connectivity index (χ2n) is 8.57. The first-order chi connectivity index (χ1) is 14.0. The zero-order chi connectivity index (χ0) is 20.0. The second kappa shape index (κ2) is 7.09. The highest BCUT2D eigenvalue weighted by Crippen LogP contribution is 2.44. The molecule has 3 aliphatic rings. The summed E-state index contributed by atoms with van der Waals surface area (Å²) in [4.78, 5) is 34.7. The van der Waals surface area contributed by atoms with Crippen molar-refractivity contribution >= 4 is 11.9 Å². The maximum atomic E-state index is 12.8. The van der Waals surface area contributed by atoms with Crippen LogP contribution in [0.15, 0.2) is 10.9 Å². The fraction of sp³-hybridized carbons (Fsp3) is 0.619. The van der Waals surface area contributed by atoms with Crippen molar-refractivity contribution in [3.05, 3.63) is 39.1 Å². The van der Waals surface area contributed by atoms with E-state index in [0.29, 0.717) is 19.2 Å². The number of nitrogens with zero attached hydrogens (tertiary/aromatic N) is 5. The molecule has 29 heavy (non-hydrogen) atoms. The summed E-state index contributed by atoms with van der Waals surface area (Å²) in [5.74, 6) is 1.49. The molecule has 0 amide bonds. The molecule has 4 heterocycles. The number of fused-ring (bicyclic) bond motifs is 2. The van der Waals surface area contributed by atoms with Crippen molar-refractivity contribution in [3.8, 4) is 0 Å². The smallest absolute Gasteiger partial charge is 0.255 e. The summed E-state index contributed by atoms with van der Waals surface area (Å²) in [5, 5.41) is 0. The molecule has 1 atom stereocenters. The lowest BCUT2D eigenvalue weighted by atomic mass is 9.77. The molecule has 0 aromatic carbocycles. The van der Waals surface area contributed by atoms with Gasteiger partial charge in [0.05, 0.1) is 18.9 Å². The van der Waals surface area contributed by atoms with Crippen LogP contribution in [0.4, 0.5) is 11.9 Å². The highest BCUT2D eigenvalue weighted by molar-refractivity contribution is 5.44. The molecule has 1 unspecified atom stereocenters. The number of aromatic nitrogens is 4. The summed E-state index contributed by atoms with van der Waals surface area (Å²) in [6, 6.07) is 2.00. The average Bonchev–Trinajstić information content (AvgIpc) is 3.06. The lowest BCUT2D eigenvalue weighted by Gasteiger charge is -2.41. The molecule has 0 saturated carbocycles. The van der Waals surface area contributed by atoms with Crippen LogP contribution in [0.1, 0.15) is 41.9 Å². The van der Waals surface area contributed by atoms with Crippen molar-refractivity contribution in [3.63, 3.8) is 0 Å². The number of aromatic amines is 1. The molecule has 8 nitrogen and oxygen atoms in total. The number of nitrogens with one attached hydrogen (secondary N) is 1. The molecule has 8 heteroatoms. The van der Waals surface area contributed by atoms with Crippen LogP contribution < -0.4 is 15.4 Å². The Kier molecular flexibility index (Phi) is 4.53. The van der Waals surface area contributed by atoms with E-state index in [2.05, 4.69) is 24.8 Å². The summed E-state index contributed by atoms with van der Waals surface area (Å²) in [5.41, 5.74) is 3.77. The monoisotopic (exact) mass is 396 g/mol. The molecule has 154 valence electrons. The number of H-pyrrole nitrogens is 1. The SMILES string of the molecule is Cc1cc(C)nc(N2CCCC3(CCc4c3nc(N3CCOCC3)[nH]c4=O)C2)n1. The van der Waals surface area contributed by atoms with E-state index in [0.717, 1.165) is 80.5 Å². The van der Waals surface area contributed by atoms with Gasteiger partial charge in [0.15, 0.2) is 0 Å². The lowest BCUT2D eigenvalue weighted by molar-refractivity contribution is 0.122. The Labute approximate surface area is 170 Å². The second-order valence-corrected chi connectivity index (χ2v) is 8.57. The van der Waals surface area contributed by atoms with Crippen molar-refractivity contribution < 1.29 is 4.74 Å². The Balaban J connectivity index is 1.50. The van der Waals surface area contributed by atoms with Crippen molar-refractivity contribution in [2.24, 2.45) is 0 Å². The third-order valence-corrected chi connectivity index (χ3v) is 6.50. The lowest BCUT2D eigenvalue weighted by Crippen LogP contribution is -2.47. The Morgan fingerprint density at radius 3 is 2.55 bits per heavy atom. The number of piperidine rings is 1. The minimum Gasteiger partial charge on any atom is -0.378 e. The predicted molar refractivity (Wildman–Crippen MR) is 111 cm³/mol. The van der Waals surface area contributed by atoms with Gasteiger partial charge in [-0.1, -0.05) is 0 Å². The van der Waals surface area contributed by atoms with Gasteiger partial charge in [-0.25, -0.2) is 15.0 Å². The van der Waals surface area contributed by atoms with Crippen LogP contribution in [0.2, 0.25) is 0 Å². The topological polar surface area (TPSA) is 87.2 Å². The molecule has 1 N–H and O–H groups in total. The first-order valence-electron chi connectivity index (χ1n) is 10.6. The highest BCUT2D eigenvalue weighted by Gasteiger charge is 2.45. The maximum Gasteiger partial charge on any atom is 0.255 e. The minimum absolute atomic E-state index is 0.0214. The zero-order valence-electron chi connectivity index (χ0n) is 17.2. The van der Waals surface area contributed by atoms with Crippen LogP contribution >= 0.6 is 0 Å². The number of hydrogen-bond acceptors (Lipinski definition) is 7. The Hall–Kier alpha value is -2.48. The Morgan fingerprint density at radius 1 is 1.03 bits per heavy atom. The standard InChI is InChI=1S/C21H28N6O2/c1-14-12-15(2)23-19(22-14)27-7-3-5-21(13-27)6-4-16-17(21)24-20(25-18(16)28)26-8-10-29-11-9-26/h12H,3-11,13H2,1-2H3,(H,24,25,28). The van der Waals surface area contributed by atoms with Crippen LogP contribution in [0.3, 0.4) is 0 Å². The molecule has 5 rings (SSSR count). The summed E-state index contributed by atoms with van der Waals surface area (Å²) < 4.78 is 5.45. The molecule has 2 aromatic rings. The molecule has 2 fully saturated rings. The number of hydrogen-bond donors (Lipinski definition) is 1. The molecule has 2 saturated heterocycles. The fourth-order valence-corrected chi connectivity index (χ4v) is 5.11. The van der Waals surface area contributed by atoms with Gasteiger partial charge in [0.2, 0.25) is 11.9 Å². The average molecular weight is 396 g/mol. The maximum absolute atomic E-state index is 12.8. The quantitative estimate of drug-likeness (QED) is 0.823. The Bertz CT molecular complexity index is 963. The normalized spacial score (nSPS) is 24.2. The van der Waals surface area contributed by atoms with E-state index in [-0.39, 0.29) is 11.0 Å². The van der Waals surface area contributed by atoms with Gasteiger partial charge in [-0.05, 0) is 45.6 Å². The van der Waals surface area contributed by atoms with Gasteiger partial charge < -0.3 is 14.5 Å². The van der Waals surface area contributed by atoms with Crippen molar-refractivity contribution in [1.29, 1.82) is 0 Å². The number of rotatable bonds is 2. The van der Waals surface area contributed by atoms with Gasteiger partial charge in [-0.3, -0.25) is 9.78 Å².